The van der Waals surface area contributed by atoms with Crippen LogP contribution < -0.4 is 11.1 Å². The Bertz CT molecular complexity index is 591. The molecule has 0 aromatic heterocycles. The molecule has 4 nitrogen and oxygen atoms in total. The van der Waals surface area contributed by atoms with Crippen LogP contribution in [0, 0.1) is 11.8 Å². The SMILES string of the molecule is CC(C)(C)OC(=O)NCC#CC1CCc2ccc(N)cc21. The third-order valence-electron chi connectivity index (χ3n) is 3.24. The normalized spacial score (nSPS) is 16.6. The summed E-state index contributed by atoms with van der Waals surface area (Å²) in [5.74, 6) is 6.42. The molecule has 0 saturated carbocycles. The van der Waals surface area contributed by atoms with Gasteiger partial charge in [0.25, 0.3) is 0 Å². The van der Waals surface area contributed by atoms with Gasteiger partial charge in [0, 0.05) is 11.6 Å². The molecular weight excluding hydrogens is 264 g/mol. The van der Waals surface area contributed by atoms with Crippen LogP contribution in [0.2, 0.25) is 0 Å². The second-order valence-electron chi connectivity index (χ2n) is 6.23. The zero-order valence-electron chi connectivity index (χ0n) is 12.8. The van der Waals surface area contributed by atoms with Crippen LogP contribution in [0.5, 0.6) is 0 Å². The maximum atomic E-state index is 11.5. The first-order valence-electron chi connectivity index (χ1n) is 7.19. The molecular formula is C17H22N2O2. The van der Waals surface area contributed by atoms with Crippen molar-refractivity contribution in [2.24, 2.45) is 0 Å². The van der Waals surface area contributed by atoms with E-state index >= 15 is 0 Å². The van der Waals surface area contributed by atoms with Crippen LogP contribution in [0.25, 0.3) is 0 Å². The van der Waals surface area contributed by atoms with Crippen LogP contribution in [-0.2, 0) is 11.2 Å². The van der Waals surface area contributed by atoms with E-state index in [1.54, 1.807) is 0 Å². The molecule has 0 heterocycles. The van der Waals surface area contributed by atoms with Crippen molar-refractivity contribution in [3.8, 4) is 11.8 Å². The molecule has 1 aliphatic rings. The van der Waals surface area contributed by atoms with E-state index in [9.17, 15) is 4.79 Å². The first kappa shape index (κ1) is 15.2. The molecule has 0 radical (unpaired) electrons. The topological polar surface area (TPSA) is 64.3 Å². The van der Waals surface area contributed by atoms with Crippen LogP contribution in [-0.4, -0.2) is 18.2 Å². The summed E-state index contributed by atoms with van der Waals surface area (Å²) in [4.78, 5) is 11.5. The number of nitrogens with two attached hydrogens (primary N) is 1. The number of nitrogen functional groups attached to an aromatic ring is 1. The molecule has 2 rings (SSSR count). The number of rotatable bonds is 1. The smallest absolute Gasteiger partial charge is 0.408 e. The van der Waals surface area contributed by atoms with Crippen LogP contribution in [0.3, 0.4) is 0 Å². The summed E-state index contributed by atoms with van der Waals surface area (Å²) in [6, 6.07) is 6.01. The third kappa shape index (κ3) is 4.42. The van der Waals surface area contributed by atoms with E-state index in [1.165, 1.54) is 11.1 Å². The Labute approximate surface area is 126 Å². The zero-order chi connectivity index (χ0) is 15.5. The second-order valence-corrected chi connectivity index (χ2v) is 6.23. The number of anilines is 1. The number of ether oxygens (including phenoxy) is 1. The zero-order valence-corrected chi connectivity index (χ0v) is 12.8. The molecule has 1 amide bonds. The van der Waals surface area contributed by atoms with Gasteiger partial charge in [-0.1, -0.05) is 17.9 Å². The number of aryl methyl sites for hydroxylation is 1. The second kappa shape index (κ2) is 6.09. The molecule has 1 aromatic carbocycles. The van der Waals surface area contributed by atoms with Gasteiger partial charge in [-0.25, -0.2) is 4.79 Å². The average molecular weight is 286 g/mol. The number of hydrogen-bond donors (Lipinski definition) is 2. The van der Waals surface area contributed by atoms with Crippen molar-refractivity contribution in [3.05, 3.63) is 29.3 Å². The summed E-state index contributed by atoms with van der Waals surface area (Å²) >= 11 is 0. The molecule has 0 bridgehead atoms. The molecule has 0 fully saturated rings. The Balaban J connectivity index is 1.88. The van der Waals surface area contributed by atoms with Crippen LogP contribution >= 0.6 is 0 Å². The minimum Gasteiger partial charge on any atom is -0.444 e. The van der Waals surface area contributed by atoms with Crippen molar-refractivity contribution < 1.29 is 9.53 Å². The molecule has 21 heavy (non-hydrogen) atoms. The lowest BCUT2D eigenvalue weighted by Crippen LogP contribution is -2.32. The van der Waals surface area contributed by atoms with Gasteiger partial charge in [0.15, 0.2) is 0 Å². The number of fused-ring (bicyclic) bond motifs is 1. The van der Waals surface area contributed by atoms with Gasteiger partial charge in [-0.2, -0.15) is 0 Å². The Morgan fingerprint density at radius 3 is 2.95 bits per heavy atom. The first-order valence-corrected chi connectivity index (χ1v) is 7.19. The highest BCUT2D eigenvalue weighted by molar-refractivity contribution is 5.68. The quantitative estimate of drug-likeness (QED) is 0.616. The summed E-state index contributed by atoms with van der Waals surface area (Å²) in [7, 11) is 0. The largest absolute Gasteiger partial charge is 0.444 e. The fourth-order valence-corrected chi connectivity index (χ4v) is 2.38. The summed E-state index contributed by atoms with van der Waals surface area (Å²) in [5, 5.41) is 2.64. The van der Waals surface area contributed by atoms with E-state index in [1.807, 2.05) is 32.9 Å². The lowest BCUT2D eigenvalue weighted by atomic mass is 10.0. The monoisotopic (exact) mass is 286 g/mol. The summed E-state index contributed by atoms with van der Waals surface area (Å²) < 4.78 is 5.15. The van der Waals surface area contributed by atoms with Gasteiger partial charge in [-0.05, 0) is 56.9 Å². The van der Waals surface area contributed by atoms with Gasteiger partial charge in [0.2, 0.25) is 0 Å². The van der Waals surface area contributed by atoms with Crippen LogP contribution in [0.4, 0.5) is 10.5 Å². The number of carbonyl (C=O) groups excluding carboxylic acids is 1. The molecule has 4 heteroatoms. The third-order valence-corrected chi connectivity index (χ3v) is 3.24. The lowest BCUT2D eigenvalue weighted by Gasteiger charge is -2.19. The van der Waals surface area contributed by atoms with E-state index in [0.29, 0.717) is 6.54 Å². The molecule has 3 N–H and O–H groups in total. The van der Waals surface area contributed by atoms with Gasteiger partial charge < -0.3 is 15.8 Å². The van der Waals surface area contributed by atoms with Crippen molar-refractivity contribution in [1.29, 1.82) is 0 Å². The standard InChI is InChI=1S/C17H22N2O2/c1-17(2,3)21-16(20)19-10-4-5-12-6-7-13-8-9-14(18)11-15(12)13/h8-9,11-12H,6-7,10,18H2,1-3H3,(H,19,20). The number of carbonyl (C=O) groups is 1. The van der Waals surface area contributed by atoms with Crippen molar-refractivity contribution >= 4 is 11.8 Å². The van der Waals surface area contributed by atoms with Gasteiger partial charge in [0.05, 0.1) is 6.54 Å². The van der Waals surface area contributed by atoms with E-state index in [0.717, 1.165) is 18.5 Å². The molecule has 0 saturated heterocycles. The molecule has 0 spiro atoms. The highest BCUT2D eigenvalue weighted by Gasteiger charge is 2.20. The van der Waals surface area contributed by atoms with E-state index < -0.39 is 11.7 Å². The Kier molecular flexibility index (Phi) is 4.42. The molecule has 0 aliphatic heterocycles. The van der Waals surface area contributed by atoms with Crippen molar-refractivity contribution in [1.82, 2.24) is 5.32 Å². The van der Waals surface area contributed by atoms with Crippen LogP contribution in [0.1, 0.15) is 44.2 Å². The molecule has 1 atom stereocenters. The summed E-state index contributed by atoms with van der Waals surface area (Å²) in [6.45, 7) is 5.79. The first-order chi connectivity index (χ1) is 9.85. The number of nitrogens with one attached hydrogen (secondary N) is 1. The fourth-order valence-electron chi connectivity index (χ4n) is 2.38. The highest BCUT2D eigenvalue weighted by atomic mass is 16.6. The molecule has 112 valence electrons. The maximum absolute atomic E-state index is 11.5. The minimum atomic E-state index is -0.487. The predicted molar refractivity (Wildman–Crippen MR) is 83.9 cm³/mol. The Hall–Kier alpha value is -2.15. The number of amides is 1. The highest BCUT2D eigenvalue weighted by Crippen LogP contribution is 2.33. The van der Waals surface area contributed by atoms with Crippen LogP contribution in [0.15, 0.2) is 18.2 Å². The fraction of sp³-hybridized carbons (Fsp3) is 0.471. The van der Waals surface area contributed by atoms with Gasteiger partial charge >= 0.3 is 6.09 Å². The Morgan fingerprint density at radius 1 is 1.48 bits per heavy atom. The Morgan fingerprint density at radius 2 is 2.24 bits per heavy atom. The number of alkyl carbamates (subject to hydrolysis) is 1. The lowest BCUT2D eigenvalue weighted by molar-refractivity contribution is 0.0535. The van der Waals surface area contributed by atoms with Gasteiger partial charge in [-0.15, -0.1) is 0 Å². The number of benzene rings is 1. The van der Waals surface area contributed by atoms with E-state index in [2.05, 4.69) is 23.2 Å². The number of hydrogen-bond acceptors (Lipinski definition) is 3. The minimum absolute atomic E-state index is 0.212. The average Bonchev–Trinajstić information content (AvgIpc) is 2.75. The molecule has 1 aromatic rings. The summed E-state index contributed by atoms with van der Waals surface area (Å²) in [6.07, 6.45) is 1.61. The van der Waals surface area contributed by atoms with Crippen molar-refractivity contribution in [2.75, 3.05) is 12.3 Å². The van der Waals surface area contributed by atoms with Gasteiger partial charge in [-0.3, -0.25) is 0 Å². The van der Waals surface area contributed by atoms with E-state index in [-0.39, 0.29) is 5.92 Å². The summed E-state index contributed by atoms with van der Waals surface area (Å²) in [5.41, 5.74) is 8.66. The maximum Gasteiger partial charge on any atom is 0.408 e. The van der Waals surface area contributed by atoms with E-state index in [4.69, 9.17) is 10.5 Å². The van der Waals surface area contributed by atoms with Crippen molar-refractivity contribution in [3.63, 3.8) is 0 Å². The predicted octanol–water partition coefficient (Wildman–Crippen LogP) is 2.83. The molecule has 1 unspecified atom stereocenters. The molecule has 1 aliphatic carbocycles. The van der Waals surface area contributed by atoms with Crippen molar-refractivity contribution in [2.45, 2.75) is 45.1 Å². The van der Waals surface area contributed by atoms with Gasteiger partial charge in [0.1, 0.15) is 5.60 Å².